The number of hydrogen-bond acceptors (Lipinski definition) is 5. The van der Waals surface area contributed by atoms with E-state index in [1.165, 1.54) is 6.39 Å². The van der Waals surface area contributed by atoms with E-state index in [0.29, 0.717) is 22.8 Å². The van der Waals surface area contributed by atoms with Gasteiger partial charge in [0, 0.05) is 12.3 Å². The number of carbonyl (C=O) groups excluding carboxylic acids is 1. The van der Waals surface area contributed by atoms with Gasteiger partial charge in [0.1, 0.15) is 6.10 Å². The molecule has 1 aromatic carbocycles. The number of ether oxygens (including phenoxy) is 1. The highest BCUT2D eigenvalue weighted by molar-refractivity contribution is 7.71. The zero-order valence-corrected chi connectivity index (χ0v) is 12.9. The number of carbonyl (C=O) groups is 1. The lowest BCUT2D eigenvalue weighted by Gasteiger charge is -2.08. The molecule has 8 heteroatoms. The van der Waals surface area contributed by atoms with Crippen molar-refractivity contribution in [1.82, 2.24) is 15.0 Å². The highest BCUT2D eigenvalue weighted by Gasteiger charge is 2.28. The first-order valence-corrected chi connectivity index (χ1v) is 7.70. The van der Waals surface area contributed by atoms with Crippen LogP contribution in [-0.2, 0) is 4.74 Å². The summed E-state index contributed by atoms with van der Waals surface area (Å²) in [5.41, 5.74) is 2.62. The van der Waals surface area contributed by atoms with Crippen molar-refractivity contribution in [2.24, 2.45) is 0 Å². The summed E-state index contributed by atoms with van der Waals surface area (Å²) in [7, 11) is 0. The Bertz CT molecular complexity index is 920. The molecule has 3 aromatic rings. The highest BCUT2D eigenvalue weighted by atomic mass is 32.1. The molecule has 2 aromatic heterocycles. The van der Waals surface area contributed by atoms with E-state index in [-0.39, 0.29) is 17.7 Å². The molecular weight excluding hydrogens is 316 g/mol. The van der Waals surface area contributed by atoms with E-state index in [4.69, 9.17) is 21.4 Å². The van der Waals surface area contributed by atoms with Gasteiger partial charge >= 0.3 is 0 Å². The van der Waals surface area contributed by atoms with E-state index in [2.05, 4.69) is 20.3 Å². The van der Waals surface area contributed by atoms with Crippen LogP contribution in [-0.4, -0.2) is 27.5 Å². The Morgan fingerprint density at radius 2 is 2.22 bits per heavy atom. The Morgan fingerprint density at radius 1 is 1.35 bits per heavy atom. The Kier molecular flexibility index (Phi) is 3.47. The van der Waals surface area contributed by atoms with E-state index in [0.717, 1.165) is 23.9 Å². The minimum Gasteiger partial charge on any atom is -0.445 e. The van der Waals surface area contributed by atoms with Crippen molar-refractivity contribution in [3.05, 3.63) is 40.8 Å². The number of oxazole rings is 1. The van der Waals surface area contributed by atoms with Crippen LogP contribution in [0.4, 0.5) is 5.69 Å². The summed E-state index contributed by atoms with van der Waals surface area (Å²) in [4.78, 5) is 22.5. The topological polar surface area (TPSA) is 95.9 Å². The molecule has 0 radical (unpaired) electrons. The van der Waals surface area contributed by atoms with Crippen LogP contribution in [0.1, 0.15) is 35.2 Å². The van der Waals surface area contributed by atoms with Crippen LogP contribution >= 0.6 is 12.2 Å². The summed E-state index contributed by atoms with van der Waals surface area (Å²) >= 11 is 5.05. The maximum Gasteiger partial charge on any atom is 0.278 e. The zero-order chi connectivity index (χ0) is 15.8. The van der Waals surface area contributed by atoms with Crippen LogP contribution in [0.2, 0.25) is 0 Å². The van der Waals surface area contributed by atoms with Gasteiger partial charge in [0.15, 0.2) is 22.6 Å². The van der Waals surface area contributed by atoms with Crippen molar-refractivity contribution in [3.63, 3.8) is 0 Å². The summed E-state index contributed by atoms with van der Waals surface area (Å²) < 4.78 is 11.5. The van der Waals surface area contributed by atoms with Crippen molar-refractivity contribution in [3.8, 4) is 0 Å². The van der Waals surface area contributed by atoms with Gasteiger partial charge in [0.2, 0.25) is 0 Å². The van der Waals surface area contributed by atoms with Crippen LogP contribution in [0, 0.1) is 4.77 Å². The molecule has 7 nitrogen and oxygen atoms in total. The van der Waals surface area contributed by atoms with Gasteiger partial charge in [-0.25, -0.2) is 4.98 Å². The van der Waals surface area contributed by atoms with Gasteiger partial charge in [-0.15, -0.1) is 0 Å². The number of aromatic amines is 2. The van der Waals surface area contributed by atoms with E-state index in [1.807, 2.05) is 12.1 Å². The van der Waals surface area contributed by atoms with Gasteiger partial charge in [-0.05, 0) is 43.3 Å². The molecule has 3 N–H and O–H groups in total. The molecule has 1 atom stereocenters. The minimum absolute atomic E-state index is 0.193. The summed E-state index contributed by atoms with van der Waals surface area (Å²) in [6, 6.07) is 5.46. The average molecular weight is 330 g/mol. The largest absolute Gasteiger partial charge is 0.445 e. The van der Waals surface area contributed by atoms with E-state index < -0.39 is 0 Å². The van der Waals surface area contributed by atoms with Crippen LogP contribution in [0.5, 0.6) is 0 Å². The van der Waals surface area contributed by atoms with E-state index in [9.17, 15) is 4.79 Å². The summed E-state index contributed by atoms with van der Waals surface area (Å²) in [6.45, 7) is 0.676. The molecule has 1 fully saturated rings. The number of benzene rings is 1. The third kappa shape index (κ3) is 2.66. The van der Waals surface area contributed by atoms with Gasteiger partial charge in [-0.3, -0.25) is 4.79 Å². The molecular formula is C15H14N4O3S. The maximum atomic E-state index is 12.5. The van der Waals surface area contributed by atoms with Gasteiger partial charge in [0.05, 0.1) is 11.0 Å². The van der Waals surface area contributed by atoms with Crippen molar-refractivity contribution < 1.29 is 13.9 Å². The highest BCUT2D eigenvalue weighted by Crippen LogP contribution is 2.30. The molecule has 1 aliphatic rings. The minimum atomic E-state index is -0.322. The molecule has 4 rings (SSSR count). The Hall–Kier alpha value is -2.45. The lowest BCUT2D eigenvalue weighted by molar-refractivity contribution is 0.0889. The first-order chi connectivity index (χ1) is 11.2. The van der Waals surface area contributed by atoms with Crippen molar-refractivity contribution in [2.75, 3.05) is 11.9 Å². The molecule has 1 saturated heterocycles. The van der Waals surface area contributed by atoms with Crippen LogP contribution in [0.3, 0.4) is 0 Å². The van der Waals surface area contributed by atoms with Gasteiger partial charge < -0.3 is 24.4 Å². The fourth-order valence-electron chi connectivity index (χ4n) is 2.74. The number of nitrogens with zero attached hydrogens (tertiary/aromatic N) is 1. The number of H-pyrrole nitrogens is 2. The van der Waals surface area contributed by atoms with Crippen LogP contribution in [0.15, 0.2) is 29.0 Å². The predicted molar refractivity (Wildman–Crippen MR) is 85.9 cm³/mol. The molecule has 1 aliphatic heterocycles. The number of aromatic nitrogens is 3. The summed E-state index contributed by atoms with van der Waals surface area (Å²) in [5, 5.41) is 2.82. The van der Waals surface area contributed by atoms with Crippen LogP contribution in [0.25, 0.3) is 11.0 Å². The first kappa shape index (κ1) is 14.2. The van der Waals surface area contributed by atoms with Crippen molar-refractivity contribution in [1.29, 1.82) is 0 Å². The van der Waals surface area contributed by atoms with Gasteiger partial charge in [-0.2, -0.15) is 0 Å². The normalized spacial score (nSPS) is 17.7. The number of fused-ring (bicyclic) bond motifs is 1. The second kappa shape index (κ2) is 5.64. The molecule has 1 unspecified atom stereocenters. The number of hydrogen-bond donors (Lipinski definition) is 3. The fraction of sp³-hybridized carbons (Fsp3) is 0.267. The molecule has 0 saturated carbocycles. The third-order valence-corrected chi connectivity index (χ3v) is 4.01. The number of rotatable bonds is 3. The Morgan fingerprint density at radius 3 is 3.04 bits per heavy atom. The Balaban J connectivity index is 1.59. The molecule has 0 aliphatic carbocycles. The number of nitrogens with one attached hydrogen (secondary N) is 3. The van der Waals surface area contributed by atoms with Crippen LogP contribution < -0.4 is 5.32 Å². The quantitative estimate of drug-likeness (QED) is 0.640. The molecule has 1 amide bonds. The monoisotopic (exact) mass is 330 g/mol. The van der Waals surface area contributed by atoms with Gasteiger partial charge in [0.25, 0.3) is 5.91 Å². The summed E-state index contributed by atoms with van der Waals surface area (Å²) in [6.07, 6.45) is 2.87. The first-order valence-electron chi connectivity index (χ1n) is 7.29. The third-order valence-electron chi connectivity index (χ3n) is 3.81. The predicted octanol–water partition coefficient (Wildman–Crippen LogP) is 3.32. The second-order valence-corrected chi connectivity index (χ2v) is 5.77. The SMILES string of the molecule is O=C(Nc1ccc2[nH]c(=S)[nH]c2c1)c1ncoc1C1CCCO1. The fourth-order valence-corrected chi connectivity index (χ4v) is 2.96. The molecule has 3 heterocycles. The van der Waals surface area contributed by atoms with Gasteiger partial charge in [-0.1, -0.05) is 0 Å². The lowest BCUT2D eigenvalue weighted by atomic mass is 10.1. The molecule has 0 spiro atoms. The van der Waals surface area contributed by atoms with E-state index >= 15 is 0 Å². The standard InChI is InChI=1S/C15H14N4O3S/c20-14(12-13(22-7-16-12)11-2-1-5-21-11)17-8-3-4-9-10(6-8)19-15(23)18-9/h3-4,6-7,11H,1-2,5H2,(H,17,20)(H2,18,19,23). The maximum absolute atomic E-state index is 12.5. The molecule has 0 bridgehead atoms. The smallest absolute Gasteiger partial charge is 0.278 e. The average Bonchev–Trinajstić information content (AvgIpc) is 3.25. The van der Waals surface area contributed by atoms with Crippen molar-refractivity contribution >= 4 is 34.8 Å². The summed E-state index contributed by atoms with van der Waals surface area (Å²) in [5.74, 6) is 0.167. The number of imidazole rings is 1. The number of anilines is 1. The molecule has 118 valence electrons. The molecule has 23 heavy (non-hydrogen) atoms. The number of amides is 1. The second-order valence-electron chi connectivity index (χ2n) is 5.36. The van der Waals surface area contributed by atoms with Crippen molar-refractivity contribution in [2.45, 2.75) is 18.9 Å². The van der Waals surface area contributed by atoms with E-state index in [1.54, 1.807) is 6.07 Å². The lowest BCUT2D eigenvalue weighted by Crippen LogP contribution is -2.15. The Labute approximate surface area is 136 Å². The zero-order valence-electron chi connectivity index (χ0n) is 12.1.